The number of hydrogen-bond acceptors (Lipinski definition) is 2. The third kappa shape index (κ3) is 3.74. The van der Waals surface area contributed by atoms with E-state index in [9.17, 15) is 5.11 Å². The van der Waals surface area contributed by atoms with Crippen molar-refractivity contribution in [1.82, 2.24) is 4.57 Å². The lowest BCUT2D eigenvalue weighted by Gasteiger charge is -2.38. The molecule has 1 N–H and O–H groups in total. The van der Waals surface area contributed by atoms with Crippen LogP contribution in [0.3, 0.4) is 0 Å². The number of aliphatic hydroxyl groups excluding tert-OH is 1. The molecule has 0 unspecified atom stereocenters. The van der Waals surface area contributed by atoms with Gasteiger partial charge in [-0.15, -0.1) is 0 Å². The van der Waals surface area contributed by atoms with E-state index < -0.39 is 0 Å². The van der Waals surface area contributed by atoms with Gasteiger partial charge in [-0.3, -0.25) is 0 Å². The Bertz CT molecular complexity index is 307. The van der Waals surface area contributed by atoms with E-state index in [4.69, 9.17) is 0 Å². The van der Waals surface area contributed by atoms with Crippen molar-refractivity contribution in [3.63, 3.8) is 0 Å². The van der Waals surface area contributed by atoms with E-state index in [1.165, 1.54) is 5.56 Å². The number of hydrogen-bond donors (Lipinski definition) is 1. The summed E-state index contributed by atoms with van der Waals surface area (Å²) >= 11 is 0. The van der Waals surface area contributed by atoms with Crippen LogP contribution < -0.4 is 0 Å². The van der Waals surface area contributed by atoms with Crippen LogP contribution in [0.1, 0.15) is 26.3 Å². The molecule has 0 amide bonds. The molecule has 0 aromatic heterocycles. The molecule has 0 fully saturated rings. The zero-order valence-corrected chi connectivity index (χ0v) is 12.8. The molecular formula is C13H23NOSi. The third-order valence-corrected chi connectivity index (χ3v) is 5.20. The first-order chi connectivity index (χ1) is 7.45. The molecule has 90 valence electrons. The molecule has 1 atom stereocenters. The number of nitrogens with zero attached hydrogens (tertiary/aromatic N) is 1. The Labute approximate surface area is 102 Å². The maximum absolute atomic E-state index is 9.50. The molecule has 0 saturated heterocycles. The second-order valence-corrected chi connectivity index (χ2v) is 6.27. The summed E-state index contributed by atoms with van der Waals surface area (Å²) in [5, 5.41) is 9.50. The molecule has 1 aromatic rings. The lowest BCUT2D eigenvalue weighted by atomic mass is 10.0. The second-order valence-electron chi connectivity index (χ2n) is 5.31. The largest absolute Gasteiger partial charge is 0.395 e. The minimum Gasteiger partial charge on any atom is -0.395 e. The lowest BCUT2D eigenvalue weighted by molar-refractivity contribution is 0.128. The summed E-state index contributed by atoms with van der Waals surface area (Å²) in [4.78, 5) is 0. The SMILES string of the molecule is CC(C)(C)N([SiH3])[C@H](CO)Cc1ccccc1. The van der Waals surface area contributed by atoms with Crippen molar-refractivity contribution < 1.29 is 5.11 Å². The zero-order chi connectivity index (χ0) is 12.2. The van der Waals surface area contributed by atoms with Crippen molar-refractivity contribution in [2.45, 2.75) is 38.8 Å². The fourth-order valence-electron chi connectivity index (χ4n) is 1.76. The van der Waals surface area contributed by atoms with Crippen LogP contribution in [0.4, 0.5) is 0 Å². The van der Waals surface area contributed by atoms with Crippen molar-refractivity contribution in [1.29, 1.82) is 0 Å². The molecule has 3 heteroatoms. The van der Waals surface area contributed by atoms with Crippen molar-refractivity contribution in [2.24, 2.45) is 0 Å². The number of benzene rings is 1. The van der Waals surface area contributed by atoms with Gasteiger partial charge in [-0.2, -0.15) is 0 Å². The summed E-state index contributed by atoms with van der Waals surface area (Å²) < 4.78 is 2.38. The highest BCUT2D eigenvalue weighted by Gasteiger charge is 2.24. The van der Waals surface area contributed by atoms with Crippen molar-refractivity contribution in [3.8, 4) is 0 Å². The van der Waals surface area contributed by atoms with Gasteiger partial charge in [-0.25, -0.2) is 0 Å². The molecule has 0 saturated carbocycles. The monoisotopic (exact) mass is 237 g/mol. The average Bonchev–Trinajstić information content (AvgIpc) is 2.25. The molecule has 16 heavy (non-hydrogen) atoms. The van der Waals surface area contributed by atoms with Crippen LogP contribution in [0.15, 0.2) is 30.3 Å². The van der Waals surface area contributed by atoms with Crippen LogP contribution in [0.5, 0.6) is 0 Å². The molecule has 2 nitrogen and oxygen atoms in total. The van der Waals surface area contributed by atoms with Crippen LogP contribution in [0, 0.1) is 0 Å². The predicted molar refractivity (Wildman–Crippen MR) is 72.6 cm³/mol. The summed E-state index contributed by atoms with van der Waals surface area (Å²) in [6, 6.07) is 10.6. The predicted octanol–water partition coefficient (Wildman–Crippen LogP) is 0.971. The molecule has 1 rings (SSSR count). The molecule has 0 bridgehead atoms. The maximum atomic E-state index is 9.50. The van der Waals surface area contributed by atoms with Crippen LogP contribution in [0.25, 0.3) is 0 Å². The molecule has 0 radical (unpaired) electrons. The standard InChI is InChI=1S/C13H23NOSi/c1-13(2,3)14(16)12(10-15)9-11-7-5-4-6-8-11/h4-8,12,15H,9-10H2,1-3,16H3/t12-/m0/s1. The van der Waals surface area contributed by atoms with Crippen LogP contribution >= 0.6 is 0 Å². The Morgan fingerprint density at radius 2 is 1.81 bits per heavy atom. The molecule has 0 aliphatic carbocycles. The molecular weight excluding hydrogens is 214 g/mol. The highest BCUT2D eigenvalue weighted by Crippen LogP contribution is 2.16. The molecule has 0 aliphatic rings. The van der Waals surface area contributed by atoms with Gasteiger partial charge in [0.15, 0.2) is 0 Å². The molecule has 0 aliphatic heterocycles. The van der Waals surface area contributed by atoms with Crippen LogP contribution in [0.2, 0.25) is 0 Å². The van der Waals surface area contributed by atoms with Gasteiger partial charge in [0.25, 0.3) is 0 Å². The first kappa shape index (κ1) is 13.4. The number of rotatable bonds is 4. The Balaban J connectivity index is 2.70. The van der Waals surface area contributed by atoms with E-state index in [0.717, 1.165) is 16.8 Å². The van der Waals surface area contributed by atoms with E-state index >= 15 is 0 Å². The molecule has 1 aromatic carbocycles. The smallest absolute Gasteiger partial charge is 0.0795 e. The van der Waals surface area contributed by atoms with Gasteiger partial charge in [0.2, 0.25) is 0 Å². The zero-order valence-electron chi connectivity index (χ0n) is 10.8. The Kier molecular flexibility index (Phi) is 4.71. The minimum atomic E-state index is 0.147. The van der Waals surface area contributed by atoms with Crippen molar-refractivity contribution in [2.75, 3.05) is 6.61 Å². The third-order valence-electron chi connectivity index (χ3n) is 3.13. The first-order valence-corrected chi connectivity index (χ1v) is 6.72. The second kappa shape index (κ2) is 5.62. The fraction of sp³-hybridized carbons (Fsp3) is 0.538. The summed E-state index contributed by atoms with van der Waals surface area (Å²) in [6.07, 6.45) is 0.929. The van der Waals surface area contributed by atoms with E-state index in [0.29, 0.717) is 0 Å². The van der Waals surface area contributed by atoms with E-state index in [-0.39, 0.29) is 18.2 Å². The highest BCUT2D eigenvalue weighted by atomic mass is 28.2. The summed E-state index contributed by atoms with van der Waals surface area (Å²) in [7, 11) is 0.975. The minimum absolute atomic E-state index is 0.147. The molecule has 0 heterocycles. The summed E-state index contributed by atoms with van der Waals surface area (Å²) in [5.74, 6) is 0. The topological polar surface area (TPSA) is 23.5 Å². The molecule has 0 spiro atoms. The van der Waals surface area contributed by atoms with Crippen molar-refractivity contribution in [3.05, 3.63) is 35.9 Å². The fourth-order valence-corrected chi connectivity index (χ4v) is 2.10. The van der Waals surface area contributed by atoms with Gasteiger partial charge in [-0.05, 0) is 32.8 Å². The van der Waals surface area contributed by atoms with E-state index in [1.807, 2.05) is 6.07 Å². The van der Waals surface area contributed by atoms with Crippen LogP contribution in [-0.2, 0) is 6.42 Å². The van der Waals surface area contributed by atoms with E-state index in [2.05, 4.69) is 49.6 Å². The summed E-state index contributed by atoms with van der Waals surface area (Å²) in [5.41, 5.74) is 1.45. The maximum Gasteiger partial charge on any atom is 0.0795 e. The summed E-state index contributed by atoms with van der Waals surface area (Å²) in [6.45, 7) is 6.84. The Morgan fingerprint density at radius 1 is 1.25 bits per heavy atom. The lowest BCUT2D eigenvalue weighted by Crippen LogP contribution is -2.49. The van der Waals surface area contributed by atoms with Gasteiger partial charge in [0.1, 0.15) is 0 Å². The van der Waals surface area contributed by atoms with Crippen molar-refractivity contribution >= 4 is 10.4 Å². The highest BCUT2D eigenvalue weighted by molar-refractivity contribution is 6.05. The normalized spacial score (nSPS) is 14.3. The number of aliphatic hydroxyl groups is 1. The van der Waals surface area contributed by atoms with Gasteiger partial charge in [0.05, 0.1) is 17.0 Å². The van der Waals surface area contributed by atoms with Crippen LogP contribution in [-0.4, -0.2) is 38.3 Å². The van der Waals surface area contributed by atoms with E-state index in [1.54, 1.807) is 0 Å². The van der Waals surface area contributed by atoms with Gasteiger partial charge < -0.3 is 9.67 Å². The Morgan fingerprint density at radius 3 is 2.25 bits per heavy atom. The van der Waals surface area contributed by atoms with Gasteiger partial charge in [0, 0.05) is 11.6 Å². The quantitative estimate of drug-likeness (QED) is 0.789. The van der Waals surface area contributed by atoms with Gasteiger partial charge >= 0.3 is 0 Å². The van der Waals surface area contributed by atoms with Gasteiger partial charge in [-0.1, -0.05) is 30.3 Å². The average molecular weight is 237 g/mol. The first-order valence-electron chi connectivity index (χ1n) is 5.83. The Hall–Kier alpha value is -0.643.